The average Bonchev–Trinajstić information content (AvgIpc) is 2.49. The van der Waals surface area contributed by atoms with Crippen LogP contribution in [0.3, 0.4) is 0 Å². The lowest BCUT2D eigenvalue weighted by Gasteiger charge is -2.19. The van der Waals surface area contributed by atoms with Gasteiger partial charge in [-0.1, -0.05) is 23.2 Å². The van der Waals surface area contributed by atoms with Crippen LogP contribution in [-0.4, -0.2) is 28.7 Å². The molecular weight excluding hydrogens is 391 g/mol. The number of anilines is 1. The molecule has 134 valence electrons. The van der Waals surface area contributed by atoms with E-state index in [0.29, 0.717) is 16.3 Å². The van der Waals surface area contributed by atoms with E-state index in [1.165, 1.54) is 23.9 Å². The van der Waals surface area contributed by atoms with Crippen molar-refractivity contribution in [3.63, 3.8) is 0 Å². The van der Waals surface area contributed by atoms with Crippen LogP contribution in [0.2, 0.25) is 10.0 Å². The number of hydrogen-bond donors (Lipinski definition) is 3. The molecular formula is C15H15Cl3N4O3. The van der Waals surface area contributed by atoms with E-state index < -0.39 is 12.0 Å². The first kappa shape index (κ1) is 20.8. The lowest BCUT2D eigenvalue weighted by molar-refractivity contribution is 0.0997. The predicted molar refractivity (Wildman–Crippen MR) is 98.0 cm³/mol. The third-order valence-corrected chi connectivity index (χ3v) is 3.84. The van der Waals surface area contributed by atoms with Crippen LogP contribution >= 0.6 is 35.6 Å². The van der Waals surface area contributed by atoms with E-state index in [9.17, 15) is 14.7 Å². The van der Waals surface area contributed by atoms with Crippen molar-refractivity contribution in [3.05, 3.63) is 57.1 Å². The molecule has 0 atom stereocenters. The summed E-state index contributed by atoms with van der Waals surface area (Å²) in [6, 6.07) is 6.03. The number of rotatable bonds is 4. The molecule has 0 radical (unpaired) electrons. The molecule has 4 N–H and O–H groups in total. The Labute approximate surface area is 159 Å². The Kier molecular flexibility index (Phi) is 6.87. The van der Waals surface area contributed by atoms with E-state index in [2.05, 4.69) is 0 Å². The van der Waals surface area contributed by atoms with E-state index in [1.54, 1.807) is 18.2 Å². The number of nitrogens with two attached hydrogens (primary N) is 1. The monoisotopic (exact) mass is 404 g/mol. The number of pyridine rings is 1. The highest BCUT2D eigenvalue weighted by molar-refractivity contribution is 6.31. The summed E-state index contributed by atoms with van der Waals surface area (Å²) in [5.74, 6) is -0.773. The van der Waals surface area contributed by atoms with Gasteiger partial charge in [0.2, 0.25) is 0 Å². The molecule has 0 unspecified atom stereocenters. The third kappa shape index (κ3) is 4.66. The zero-order valence-electron chi connectivity index (χ0n) is 13.0. The number of hydrogen-bond acceptors (Lipinski definition) is 3. The molecule has 0 saturated heterocycles. The van der Waals surface area contributed by atoms with Crippen molar-refractivity contribution in [2.24, 2.45) is 5.73 Å². The second-order valence-electron chi connectivity index (χ2n) is 5.03. The highest BCUT2D eigenvalue weighted by Crippen LogP contribution is 2.25. The van der Waals surface area contributed by atoms with Crippen molar-refractivity contribution in [2.45, 2.75) is 6.54 Å². The fourth-order valence-corrected chi connectivity index (χ4v) is 2.64. The van der Waals surface area contributed by atoms with Gasteiger partial charge in [0.1, 0.15) is 5.49 Å². The molecule has 2 rings (SSSR count). The Morgan fingerprint density at radius 3 is 2.48 bits per heavy atom. The molecule has 0 saturated carbocycles. The van der Waals surface area contributed by atoms with Crippen LogP contribution in [0, 0.1) is 5.41 Å². The lowest BCUT2D eigenvalue weighted by Crippen LogP contribution is -2.31. The summed E-state index contributed by atoms with van der Waals surface area (Å²) in [4.78, 5) is 23.7. The molecule has 1 heterocycles. The molecule has 0 spiro atoms. The van der Waals surface area contributed by atoms with Gasteiger partial charge in [-0.05, 0) is 29.8 Å². The van der Waals surface area contributed by atoms with Crippen LogP contribution in [-0.2, 0) is 6.54 Å². The summed E-state index contributed by atoms with van der Waals surface area (Å²) >= 11 is 12.0. The van der Waals surface area contributed by atoms with Gasteiger partial charge in [-0.25, -0.2) is 4.79 Å². The smallest absolute Gasteiger partial charge is 0.411 e. The van der Waals surface area contributed by atoms with Gasteiger partial charge in [0, 0.05) is 18.3 Å². The highest BCUT2D eigenvalue weighted by Gasteiger charge is 2.15. The SMILES string of the molecule is CN(C(=O)O)c1ccc(Cl)cc1Cn1cc(Cl)cc(C(N)=O)c1=N.Cl. The van der Waals surface area contributed by atoms with Crippen LogP contribution in [0.5, 0.6) is 0 Å². The average molecular weight is 406 g/mol. The fourth-order valence-electron chi connectivity index (χ4n) is 2.22. The van der Waals surface area contributed by atoms with Gasteiger partial charge in [0.05, 0.1) is 22.8 Å². The molecule has 1 aromatic heterocycles. The molecule has 0 aliphatic heterocycles. The van der Waals surface area contributed by atoms with Crippen molar-refractivity contribution < 1.29 is 14.7 Å². The summed E-state index contributed by atoms with van der Waals surface area (Å²) in [5, 5.41) is 17.9. The van der Waals surface area contributed by atoms with Gasteiger partial charge >= 0.3 is 6.09 Å². The Morgan fingerprint density at radius 2 is 1.92 bits per heavy atom. The topological polar surface area (TPSA) is 112 Å². The van der Waals surface area contributed by atoms with Gasteiger partial charge in [0.25, 0.3) is 5.91 Å². The number of benzene rings is 1. The van der Waals surface area contributed by atoms with Crippen LogP contribution in [0.25, 0.3) is 0 Å². The maximum Gasteiger partial charge on any atom is 0.411 e. The molecule has 7 nitrogen and oxygen atoms in total. The van der Waals surface area contributed by atoms with Crippen LogP contribution in [0.15, 0.2) is 30.5 Å². The van der Waals surface area contributed by atoms with E-state index in [0.717, 1.165) is 4.90 Å². The van der Waals surface area contributed by atoms with E-state index in [4.69, 9.17) is 34.3 Å². The minimum Gasteiger partial charge on any atom is -0.465 e. The first-order chi connectivity index (χ1) is 11.2. The maximum absolute atomic E-state index is 11.4. The standard InChI is InChI=1S/C15H14Cl2N4O3.ClH/c1-20(15(23)24)12-3-2-9(16)4-8(12)6-21-7-10(17)5-11(13(21)18)14(19)22;/h2-5,7,18H,6H2,1H3,(H2,19,22)(H,23,24);1H. The van der Waals surface area contributed by atoms with Gasteiger partial charge in [-0.3, -0.25) is 15.1 Å². The third-order valence-electron chi connectivity index (χ3n) is 3.40. The normalized spacial score (nSPS) is 10.0. The molecule has 0 bridgehead atoms. The largest absolute Gasteiger partial charge is 0.465 e. The summed E-state index contributed by atoms with van der Waals surface area (Å²) < 4.78 is 1.40. The second kappa shape index (κ2) is 8.24. The van der Waals surface area contributed by atoms with Crippen LogP contribution in [0.1, 0.15) is 15.9 Å². The van der Waals surface area contributed by atoms with Gasteiger partial charge in [-0.15, -0.1) is 12.4 Å². The highest BCUT2D eigenvalue weighted by atomic mass is 35.5. The summed E-state index contributed by atoms with van der Waals surface area (Å²) in [6.07, 6.45) is 0.320. The number of nitrogens with zero attached hydrogens (tertiary/aromatic N) is 2. The Bertz CT molecular complexity index is 883. The molecule has 2 amide bonds. The number of carbonyl (C=O) groups excluding carboxylic acids is 1. The quantitative estimate of drug-likeness (QED) is 0.726. The van der Waals surface area contributed by atoms with Crippen LogP contribution in [0.4, 0.5) is 10.5 Å². The first-order valence-corrected chi connectivity index (χ1v) is 7.45. The Morgan fingerprint density at radius 1 is 1.28 bits per heavy atom. The number of amides is 2. The van der Waals surface area contributed by atoms with E-state index in [-0.39, 0.29) is 35.0 Å². The zero-order valence-corrected chi connectivity index (χ0v) is 15.3. The second-order valence-corrected chi connectivity index (χ2v) is 5.90. The summed E-state index contributed by atoms with van der Waals surface area (Å²) in [7, 11) is 1.40. The number of carboxylic acid groups (broad SMARTS) is 1. The van der Waals surface area contributed by atoms with Gasteiger partial charge in [0.15, 0.2) is 0 Å². The minimum atomic E-state index is -1.14. The minimum absolute atomic E-state index is 0. The Balaban J connectivity index is 0.00000312. The number of halogens is 3. The van der Waals surface area contributed by atoms with Crippen molar-refractivity contribution in [1.82, 2.24) is 4.57 Å². The fraction of sp³-hybridized carbons (Fsp3) is 0.133. The molecule has 1 aromatic carbocycles. The molecule has 0 aliphatic rings. The zero-order chi connectivity index (χ0) is 18.0. The van der Waals surface area contributed by atoms with Crippen molar-refractivity contribution in [1.29, 1.82) is 5.41 Å². The van der Waals surface area contributed by atoms with Gasteiger partial charge < -0.3 is 15.4 Å². The van der Waals surface area contributed by atoms with E-state index >= 15 is 0 Å². The van der Waals surface area contributed by atoms with Crippen molar-refractivity contribution >= 4 is 53.3 Å². The van der Waals surface area contributed by atoms with Crippen molar-refractivity contribution in [2.75, 3.05) is 11.9 Å². The summed E-state index contributed by atoms with van der Waals surface area (Å²) in [6.45, 7) is 0.0905. The molecule has 25 heavy (non-hydrogen) atoms. The number of primary amides is 1. The molecule has 2 aromatic rings. The number of nitrogens with one attached hydrogen (secondary N) is 1. The Hall–Kier alpha value is -2.22. The number of aromatic nitrogens is 1. The van der Waals surface area contributed by atoms with Crippen molar-refractivity contribution in [3.8, 4) is 0 Å². The molecule has 10 heteroatoms. The number of carbonyl (C=O) groups is 2. The van der Waals surface area contributed by atoms with E-state index in [1.807, 2.05) is 0 Å². The van der Waals surface area contributed by atoms with Crippen LogP contribution < -0.4 is 16.1 Å². The van der Waals surface area contributed by atoms with Gasteiger partial charge in [-0.2, -0.15) is 0 Å². The predicted octanol–water partition coefficient (Wildman–Crippen LogP) is 2.96. The molecule has 0 fully saturated rings. The first-order valence-electron chi connectivity index (χ1n) is 6.70. The lowest BCUT2D eigenvalue weighted by atomic mass is 10.1. The maximum atomic E-state index is 11.4. The molecule has 0 aliphatic carbocycles. The summed E-state index contributed by atoms with van der Waals surface area (Å²) in [5.41, 5.74) is 6.04.